The number of pyridine rings is 7. The van der Waals surface area contributed by atoms with E-state index < -0.39 is 64.1 Å². The van der Waals surface area contributed by atoms with Crippen molar-refractivity contribution in [2.24, 2.45) is 0 Å². The van der Waals surface area contributed by atoms with Gasteiger partial charge in [0.05, 0.1) is 64.0 Å². The Bertz CT molecular complexity index is 7030. The van der Waals surface area contributed by atoms with E-state index in [1.54, 1.807) is 73.7 Å². The summed E-state index contributed by atoms with van der Waals surface area (Å²) in [5.74, 6) is -3.25. The summed E-state index contributed by atoms with van der Waals surface area (Å²) in [5, 5.41) is 44.4. The highest BCUT2D eigenvalue weighted by Gasteiger charge is 2.54. The predicted octanol–water partition coefficient (Wildman–Crippen LogP) is 29.2. The lowest BCUT2D eigenvalue weighted by atomic mass is 9.84. The van der Waals surface area contributed by atoms with E-state index in [1.165, 1.54) is 70.4 Å². The van der Waals surface area contributed by atoms with Gasteiger partial charge in [0.25, 0.3) is 0 Å². The third-order valence-electron chi connectivity index (χ3n) is 25.7. The number of fused-ring (bicyclic) bond motifs is 7. The minimum absolute atomic E-state index is 0.0721. The van der Waals surface area contributed by atoms with Gasteiger partial charge in [-0.05, 0) is 295 Å². The summed E-state index contributed by atoms with van der Waals surface area (Å²) in [7, 11) is 0. The Hall–Kier alpha value is -9.14. The van der Waals surface area contributed by atoms with Gasteiger partial charge in [0.15, 0.2) is 0 Å². The minimum Gasteiger partial charge on any atom is -0.480 e. The molecule has 0 atom stereocenters. The number of ether oxygens (including phenoxy) is 3. The number of carboxylic acid groups (broad SMARTS) is 4. The molecule has 7 heterocycles. The van der Waals surface area contributed by atoms with Gasteiger partial charge in [-0.1, -0.05) is 112 Å². The molecule has 7 fully saturated rings. The van der Waals surface area contributed by atoms with Gasteiger partial charge in [-0.25, -0.2) is 0 Å². The lowest BCUT2D eigenvalue weighted by Gasteiger charge is -2.38. The standard InChI is InChI=1S/C17H16F3NO2S.C16H16BrNO2S.C16H17NO2S.C15H14BrNO2S.C15H15NO2S.C14H12BrNO2S.C13H10BrNO2S/c1-2-23-15(22)16(7-3-8-16)24-14-6-9-21-13-5-4-11(10-12(13)14)17(18,19)20;1-2-20-15(19)16(7-3-8-16)21-14-6-9-18-13-5-4-11(17)10-12(13)14;1-2-19-15(18)16(9-5-10-16)20-14-8-11-17-13-7-4-3-6-12(13)14;16-10-3-4-12-11(9-10)13(5-8-17-12)20-15(14(18)19)6-1-2-7-15;1-10-3-4-12-11(9-10)13(5-8-16-12)19-15(14(17)18)6-2-7-15;15-9-2-3-10-11(8-9)16-7-4-12(10)19-14(13(17)18)5-1-6-14;14-8-1-2-10-9(7-8)11(3-6-15-10)18-13(4-5-13)12(16)17/h4-6,9-10H,2-3,7-8H2,1H3;4-6,9-10H,2-3,7-8H2,1H3;3-4,6-8,11H,2,5,9-10H2,1H3;3-5,8-9H,1-2,6-7H2,(H,18,19);3-5,8-9H,2,6-7H2,1H3,(H,17,18);2-4,7-8H,1,5-6H2,(H,17,18);1-3,6-7H,4-5H2,(H,16,17). The Kier molecular flexibility index (Phi) is 35.0. The normalized spacial score (nSPS) is 16.9. The van der Waals surface area contributed by atoms with Crippen LogP contribution in [-0.4, -0.2) is 150 Å². The number of thioether (sulfide) groups is 7. The molecule has 21 rings (SSSR count). The monoisotopic (exact) mass is 2290 g/mol. The van der Waals surface area contributed by atoms with E-state index in [0.29, 0.717) is 41.9 Å². The van der Waals surface area contributed by atoms with E-state index in [-0.39, 0.29) is 29.3 Å². The highest BCUT2D eigenvalue weighted by atomic mass is 79.9. The second-order valence-corrected chi connectivity index (χ2v) is 48.7. The second kappa shape index (κ2) is 46.5. The van der Waals surface area contributed by atoms with Crippen molar-refractivity contribution in [2.75, 3.05) is 19.8 Å². The molecule has 14 aromatic rings. The zero-order valence-corrected chi connectivity index (χ0v) is 89.3. The van der Waals surface area contributed by atoms with Crippen LogP contribution in [0.1, 0.15) is 167 Å². The first kappa shape index (κ1) is 106. The number of aromatic nitrogens is 7. The number of alkyl halides is 3. The van der Waals surface area contributed by atoms with Crippen LogP contribution in [0.15, 0.2) is 271 Å². The van der Waals surface area contributed by atoms with Crippen LogP contribution in [-0.2, 0) is 53.9 Å². The molecule has 7 aromatic carbocycles. The Balaban J connectivity index is 0.000000124. The number of carbonyl (C=O) groups excluding carboxylic acids is 3. The van der Waals surface area contributed by atoms with Crippen LogP contribution in [0.4, 0.5) is 13.2 Å². The quantitative estimate of drug-likeness (QED) is 0.0322. The van der Waals surface area contributed by atoms with Gasteiger partial charge >= 0.3 is 48.0 Å². The van der Waals surface area contributed by atoms with Crippen LogP contribution >= 0.6 is 146 Å². The molecule has 7 aliphatic rings. The van der Waals surface area contributed by atoms with Crippen molar-refractivity contribution in [1.82, 2.24) is 34.9 Å². The van der Waals surface area contributed by atoms with Crippen LogP contribution in [0.25, 0.3) is 76.3 Å². The Morgan fingerprint density at radius 3 is 0.844 bits per heavy atom. The molecular formula is C106H100Br4F3N7O14S7. The summed E-state index contributed by atoms with van der Waals surface area (Å²) in [6.45, 7) is 8.66. The topological polar surface area (TPSA) is 318 Å². The number of aliphatic carboxylic acids is 4. The predicted molar refractivity (Wildman–Crippen MR) is 570 cm³/mol. The molecule has 0 radical (unpaired) electrons. The van der Waals surface area contributed by atoms with Crippen LogP contribution in [0, 0.1) is 6.92 Å². The Morgan fingerprint density at radius 1 is 0.291 bits per heavy atom. The molecule has 141 heavy (non-hydrogen) atoms. The fourth-order valence-corrected chi connectivity index (χ4v) is 28.1. The number of nitrogens with zero attached hydrogens (tertiary/aromatic N) is 7. The Morgan fingerprint density at radius 2 is 0.539 bits per heavy atom. The number of hydrogen-bond donors (Lipinski definition) is 4. The van der Waals surface area contributed by atoms with Gasteiger partial charge in [-0.3, -0.25) is 68.4 Å². The third kappa shape index (κ3) is 24.8. The average Bonchev–Trinajstić information content (AvgIpc) is 1.69. The van der Waals surface area contributed by atoms with Crippen molar-refractivity contribution in [1.29, 1.82) is 0 Å². The lowest BCUT2D eigenvalue weighted by molar-refractivity contribution is -0.149. The first-order chi connectivity index (χ1) is 67.7. The van der Waals surface area contributed by atoms with Crippen molar-refractivity contribution in [2.45, 2.75) is 236 Å². The number of carbonyl (C=O) groups is 7. The van der Waals surface area contributed by atoms with Crippen molar-refractivity contribution >= 4 is 264 Å². The number of halogens is 7. The molecule has 0 aliphatic heterocycles. The van der Waals surface area contributed by atoms with Gasteiger partial charge in [-0.2, -0.15) is 13.2 Å². The smallest absolute Gasteiger partial charge is 0.416 e. The summed E-state index contributed by atoms with van der Waals surface area (Å²) in [4.78, 5) is 120. The highest BCUT2D eigenvalue weighted by molar-refractivity contribution is 9.11. The minimum atomic E-state index is -4.42. The van der Waals surface area contributed by atoms with Gasteiger partial charge in [0.1, 0.15) is 33.2 Å². The van der Waals surface area contributed by atoms with E-state index in [9.17, 15) is 67.2 Å². The molecule has 734 valence electrons. The zero-order valence-electron chi connectivity index (χ0n) is 77.3. The van der Waals surface area contributed by atoms with Gasteiger partial charge in [-0.15, -0.1) is 82.3 Å². The van der Waals surface area contributed by atoms with E-state index >= 15 is 0 Å². The van der Waals surface area contributed by atoms with E-state index in [4.69, 9.17) is 14.2 Å². The number of carboxylic acids is 4. The summed E-state index contributed by atoms with van der Waals surface area (Å²) in [5.41, 5.74) is 6.45. The maximum atomic E-state index is 13.0. The molecule has 7 aliphatic carbocycles. The van der Waals surface area contributed by atoms with E-state index in [0.717, 1.165) is 247 Å². The number of para-hydroxylation sites is 1. The Labute approximate surface area is 876 Å². The van der Waals surface area contributed by atoms with Gasteiger partial charge in [0, 0.05) is 133 Å². The third-order valence-corrected chi connectivity index (χ3v) is 38.5. The summed E-state index contributed by atoms with van der Waals surface area (Å²) >= 11 is 24.3. The number of aryl methyl sites for hydroxylation is 1. The molecule has 0 amide bonds. The molecule has 4 N–H and O–H groups in total. The average molecular weight is 2300 g/mol. The van der Waals surface area contributed by atoms with Crippen LogP contribution in [0.5, 0.6) is 0 Å². The van der Waals surface area contributed by atoms with Crippen molar-refractivity contribution < 1.29 is 81.4 Å². The summed E-state index contributed by atoms with van der Waals surface area (Å²) in [6, 6.07) is 54.6. The molecule has 0 saturated heterocycles. The lowest BCUT2D eigenvalue weighted by Crippen LogP contribution is -2.43. The number of benzene rings is 7. The fraction of sp³-hybridized carbons (Fsp3) is 0.340. The van der Waals surface area contributed by atoms with Gasteiger partial charge < -0.3 is 34.6 Å². The summed E-state index contributed by atoms with van der Waals surface area (Å²) in [6.07, 6.45) is 25.6. The molecule has 7 aromatic heterocycles. The molecular weight excluding hydrogens is 2200 g/mol. The molecule has 0 bridgehead atoms. The SMILES string of the molecule is CCOC(=O)C1(Sc2ccnc3ccc(Br)cc23)CCC1.CCOC(=O)C1(Sc2ccnc3ccc(C(F)(F)F)cc23)CCC1.CCOC(=O)C1(Sc2ccnc3ccccc23)CCC1.Cc1ccc2nccc(SC3(C(=O)O)CCC3)c2c1.O=C(O)C1(Sc2ccnc3cc(Br)ccc23)CCC1.O=C(O)C1(Sc2ccnc3ccc(Br)cc23)CC1.O=C(O)C1(Sc2ccnc3ccc(Br)cc23)CCCC1. The van der Waals surface area contributed by atoms with Crippen LogP contribution in [0.3, 0.4) is 0 Å². The molecule has 21 nitrogen and oxygen atoms in total. The second-order valence-electron chi connectivity index (χ2n) is 35.1. The molecule has 0 spiro atoms. The molecule has 7 saturated carbocycles. The fourth-order valence-electron chi connectivity index (χ4n) is 16.9. The molecule has 0 unspecified atom stereocenters. The molecule has 35 heteroatoms. The first-order valence-electron chi connectivity index (χ1n) is 46.3. The number of rotatable bonds is 24. The maximum absolute atomic E-state index is 13.0. The van der Waals surface area contributed by atoms with E-state index in [1.807, 2.05) is 160 Å². The van der Waals surface area contributed by atoms with Crippen molar-refractivity contribution in [3.8, 4) is 0 Å². The number of hydrogen-bond acceptors (Lipinski definition) is 24. The van der Waals surface area contributed by atoms with Gasteiger partial charge in [0.2, 0.25) is 0 Å². The largest absolute Gasteiger partial charge is 0.480 e. The van der Waals surface area contributed by atoms with Crippen LogP contribution in [0.2, 0.25) is 0 Å². The highest BCUT2D eigenvalue weighted by Crippen LogP contribution is 2.57. The van der Waals surface area contributed by atoms with E-state index in [2.05, 4.69) is 117 Å². The summed E-state index contributed by atoms with van der Waals surface area (Å²) < 4.78 is 54.6. The zero-order chi connectivity index (χ0) is 100. The maximum Gasteiger partial charge on any atom is 0.416 e. The van der Waals surface area contributed by atoms with Crippen molar-refractivity contribution in [3.63, 3.8) is 0 Å². The van der Waals surface area contributed by atoms with Crippen LogP contribution < -0.4 is 0 Å². The van der Waals surface area contributed by atoms with Crippen molar-refractivity contribution in [3.05, 3.63) is 248 Å². The number of esters is 3. The first-order valence-corrected chi connectivity index (χ1v) is 55.2.